The highest BCUT2D eigenvalue weighted by Gasteiger charge is 2.00. The molecule has 2 nitrogen and oxygen atoms in total. The molecular weight excluding hydrogens is 171 g/mol. The van der Waals surface area contributed by atoms with E-state index < -0.39 is 5.82 Å². The van der Waals surface area contributed by atoms with Crippen molar-refractivity contribution in [1.29, 1.82) is 0 Å². The van der Waals surface area contributed by atoms with E-state index in [0.717, 1.165) is 0 Å². The van der Waals surface area contributed by atoms with Gasteiger partial charge in [-0.2, -0.15) is 0 Å². The van der Waals surface area contributed by atoms with E-state index in [1.807, 2.05) is 0 Å². The molecule has 0 fully saturated rings. The average molecular weight is 178 g/mol. The fourth-order valence-electron chi connectivity index (χ4n) is 0.885. The number of ether oxygens (including phenoxy) is 1. The van der Waals surface area contributed by atoms with Crippen molar-refractivity contribution in [3.63, 3.8) is 0 Å². The molecule has 13 heavy (non-hydrogen) atoms. The van der Waals surface area contributed by atoms with Crippen LogP contribution in [0.2, 0.25) is 0 Å². The van der Waals surface area contributed by atoms with Crippen LogP contribution in [0.5, 0.6) is 5.75 Å². The zero-order valence-electron chi connectivity index (χ0n) is 7.00. The quantitative estimate of drug-likeness (QED) is 0.479. The largest absolute Gasteiger partial charge is 0.495 e. The van der Waals surface area contributed by atoms with Gasteiger partial charge in [0.05, 0.1) is 12.7 Å². The molecule has 0 saturated carbocycles. The maximum absolute atomic E-state index is 12.7. The van der Waals surface area contributed by atoms with Crippen molar-refractivity contribution in [3.8, 4) is 17.6 Å². The third-order valence-electron chi connectivity index (χ3n) is 1.43. The van der Waals surface area contributed by atoms with Crippen molar-refractivity contribution in [1.82, 2.24) is 0 Å². The van der Waals surface area contributed by atoms with Crippen molar-refractivity contribution in [2.75, 3.05) is 7.11 Å². The smallest absolute Gasteiger partial charge is 0.193 e. The molecule has 0 bridgehead atoms. The minimum absolute atomic E-state index is 0.370. The lowest BCUT2D eigenvalue weighted by Gasteiger charge is -2.01. The molecule has 0 N–H and O–H groups in total. The summed E-state index contributed by atoms with van der Waals surface area (Å²) in [6.07, 6.45) is 0.449. The van der Waals surface area contributed by atoms with E-state index in [9.17, 15) is 9.18 Å². The summed E-state index contributed by atoms with van der Waals surface area (Å²) in [4.78, 5) is 9.95. The fraction of sp³-hybridized carbons (Fsp3) is 0.100. The van der Waals surface area contributed by atoms with Crippen LogP contribution < -0.4 is 4.74 Å². The zero-order valence-corrected chi connectivity index (χ0v) is 7.00. The summed E-state index contributed by atoms with van der Waals surface area (Å²) in [5.74, 6) is 4.71. The first-order chi connectivity index (χ1) is 6.27. The molecule has 0 unspecified atom stereocenters. The van der Waals surface area contributed by atoms with Crippen molar-refractivity contribution in [2.24, 2.45) is 0 Å². The molecule has 0 amide bonds. The first-order valence-electron chi connectivity index (χ1n) is 3.56. The second-order valence-corrected chi connectivity index (χ2v) is 2.23. The zero-order chi connectivity index (χ0) is 9.68. The highest BCUT2D eigenvalue weighted by atomic mass is 19.1. The van der Waals surface area contributed by atoms with Gasteiger partial charge < -0.3 is 4.74 Å². The summed E-state index contributed by atoms with van der Waals surface area (Å²) in [5, 5.41) is 0. The Hall–Kier alpha value is -1.82. The van der Waals surface area contributed by atoms with Gasteiger partial charge in [-0.1, -0.05) is 5.92 Å². The van der Waals surface area contributed by atoms with Crippen molar-refractivity contribution >= 4 is 6.29 Å². The number of methoxy groups -OCH3 is 1. The van der Waals surface area contributed by atoms with Crippen LogP contribution in [0.3, 0.4) is 0 Å². The van der Waals surface area contributed by atoms with Crippen molar-refractivity contribution in [3.05, 3.63) is 29.6 Å². The number of rotatable bonds is 1. The molecule has 0 radical (unpaired) electrons. The number of carbonyl (C=O) groups excluding carboxylic acids is 1. The van der Waals surface area contributed by atoms with Gasteiger partial charge in [0, 0.05) is 0 Å². The Labute approximate surface area is 75.3 Å². The SMILES string of the molecule is COc1ccc(F)cc1C#CC=O. The van der Waals surface area contributed by atoms with Crippen LogP contribution in [0.4, 0.5) is 4.39 Å². The summed E-state index contributed by atoms with van der Waals surface area (Å²) >= 11 is 0. The van der Waals surface area contributed by atoms with Crippen LogP contribution in [0, 0.1) is 17.7 Å². The molecule has 0 spiro atoms. The van der Waals surface area contributed by atoms with Gasteiger partial charge >= 0.3 is 0 Å². The van der Waals surface area contributed by atoms with E-state index in [1.165, 1.54) is 25.3 Å². The van der Waals surface area contributed by atoms with Crippen molar-refractivity contribution < 1.29 is 13.9 Å². The molecule has 0 aliphatic heterocycles. The molecule has 0 aliphatic carbocycles. The highest BCUT2D eigenvalue weighted by molar-refractivity contribution is 5.74. The first-order valence-corrected chi connectivity index (χ1v) is 3.56. The lowest BCUT2D eigenvalue weighted by atomic mass is 10.2. The second-order valence-electron chi connectivity index (χ2n) is 2.23. The molecule has 0 aromatic heterocycles. The van der Waals surface area contributed by atoms with Gasteiger partial charge in [0.1, 0.15) is 11.6 Å². The van der Waals surface area contributed by atoms with Crippen LogP contribution in [0.1, 0.15) is 5.56 Å². The number of halogens is 1. The summed E-state index contributed by atoms with van der Waals surface area (Å²) in [6.45, 7) is 0. The van der Waals surface area contributed by atoms with Gasteiger partial charge in [0.25, 0.3) is 0 Å². The molecular formula is C10H7FO2. The van der Waals surface area contributed by atoms with Gasteiger partial charge in [0.2, 0.25) is 0 Å². The lowest BCUT2D eigenvalue weighted by Crippen LogP contribution is -1.88. The van der Waals surface area contributed by atoms with Gasteiger partial charge in [-0.25, -0.2) is 4.39 Å². The maximum Gasteiger partial charge on any atom is 0.193 e. The number of carbonyl (C=O) groups is 1. The highest BCUT2D eigenvalue weighted by Crippen LogP contribution is 2.17. The maximum atomic E-state index is 12.7. The summed E-state index contributed by atoms with van der Waals surface area (Å²) in [5.41, 5.74) is 0.370. The number of hydrogen-bond donors (Lipinski definition) is 0. The minimum Gasteiger partial charge on any atom is -0.495 e. The van der Waals surface area contributed by atoms with E-state index in [2.05, 4.69) is 11.8 Å². The standard InChI is InChI=1S/C10H7FO2/c1-13-10-5-4-9(11)7-8(10)3-2-6-12/h4-7H,1H3. The Morgan fingerprint density at radius 2 is 2.31 bits per heavy atom. The number of hydrogen-bond acceptors (Lipinski definition) is 2. The van der Waals surface area contributed by atoms with Gasteiger partial charge in [0.15, 0.2) is 6.29 Å². The van der Waals surface area contributed by atoms with E-state index in [0.29, 0.717) is 17.6 Å². The fourth-order valence-corrected chi connectivity index (χ4v) is 0.885. The van der Waals surface area contributed by atoms with E-state index in [4.69, 9.17) is 4.74 Å². The third kappa shape index (κ3) is 2.31. The summed E-state index contributed by atoms with van der Waals surface area (Å²) in [6, 6.07) is 3.95. The van der Waals surface area contributed by atoms with Crippen LogP contribution >= 0.6 is 0 Å². The normalized spacial score (nSPS) is 8.46. The predicted octanol–water partition coefficient (Wildman–Crippen LogP) is 1.38. The van der Waals surface area contributed by atoms with Crippen molar-refractivity contribution in [2.45, 2.75) is 0 Å². The third-order valence-corrected chi connectivity index (χ3v) is 1.43. The Balaban J connectivity index is 3.15. The molecule has 0 atom stereocenters. The van der Waals surface area contributed by atoms with E-state index in [-0.39, 0.29) is 0 Å². The molecule has 1 rings (SSSR count). The molecule has 3 heteroatoms. The van der Waals surface area contributed by atoms with E-state index >= 15 is 0 Å². The molecule has 0 aliphatic rings. The monoisotopic (exact) mass is 178 g/mol. The molecule has 0 saturated heterocycles. The second kappa shape index (κ2) is 4.27. The topological polar surface area (TPSA) is 26.3 Å². The van der Waals surface area contributed by atoms with Gasteiger partial charge in [-0.15, -0.1) is 0 Å². The number of aldehydes is 1. The minimum atomic E-state index is -0.406. The van der Waals surface area contributed by atoms with Crippen LogP contribution in [0.25, 0.3) is 0 Å². The Morgan fingerprint density at radius 1 is 1.54 bits per heavy atom. The lowest BCUT2D eigenvalue weighted by molar-refractivity contribution is -0.103. The number of benzene rings is 1. The summed E-state index contributed by atoms with van der Waals surface area (Å²) < 4.78 is 17.6. The Bertz CT molecular complexity index is 374. The van der Waals surface area contributed by atoms with Gasteiger partial charge in [-0.05, 0) is 24.1 Å². The average Bonchev–Trinajstić information content (AvgIpc) is 2.15. The van der Waals surface area contributed by atoms with Crippen LogP contribution in [0.15, 0.2) is 18.2 Å². The molecule has 1 aromatic rings. The van der Waals surface area contributed by atoms with Crippen LogP contribution in [-0.2, 0) is 4.79 Å². The Morgan fingerprint density at radius 3 is 2.92 bits per heavy atom. The van der Waals surface area contributed by atoms with Gasteiger partial charge in [-0.3, -0.25) is 4.79 Å². The van der Waals surface area contributed by atoms with E-state index in [1.54, 1.807) is 0 Å². The summed E-state index contributed by atoms with van der Waals surface area (Å²) in [7, 11) is 1.46. The predicted molar refractivity (Wildman–Crippen MR) is 45.9 cm³/mol. The van der Waals surface area contributed by atoms with Crippen LogP contribution in [-0.4, -0.2) is 13.4 Å². The Kier molecular flexibility index (Phi) is 3.04. The first kappa shape index (κ1) is 9.27. The molecule has 66 valence electrons. The molecule has 0 heterocycles. The molecule has 1 aromatic carbocycles.